The Labute approximate surface area is 200 Å². The van der Waals surface area contributed by atoms with Crippen LogP contribution in [0.25, 0.3) is 0 Å². The fraction of sp³-hybridized carbons (Fsp3) is 0.741. The normalized spacial score (nSPS) is 11.0. The van der Waals surface area contributed by atoms with Gasteiger partial charge in [-0.2, -0.15) is 0 Å². The second kappa shape index (κ2) is 16.5. The number of carboxylic acids is 1. The molecule has 1 rings (SSSR count). The van der Waals surface area contributed by atoms with Gasteiger partial charge in [-0.25, -0.2) is 0 Å². The first-order valence-electron chi connectivity index (χ1n) is 12.8. The highest BCUT2D eigenvalue weighted by Crippen LogP contribution is 2.26. The molecule has 0 aliphatic heterocycles. The monoisotopic (exact) mass is 463 g/mol. The minimum atomic E-state index is -0.793. The van der Waals surface area contributed by atoms with E-state index in [1.807, 2.05) is 13.8 Å². The Kier molecular flexibility index (Phi) is 14.5. The van der Waals surface area contributed by atoms with Crippen LogP contribution in [0, 0.1) is 13.8 Å². The van der Waals surface area contributed by atoms with Gasteiger partial charge in [0.25, 0.3) is 0 Å². The van der Waals surface area contributed by atoms with Gasteiger partial charge in [0.2, 0.25) is 0 Å². The molecule has 1 aromatic heterocycles. The van der Waals surface area contributed by atoms with Crippen molar-refractivity contribution in [3.8, 4) is 0 Å². The van der Waals surface area contributed by atoms with E-state index in [-0.39, 0.29) is 24.6 Å². The standard InChI is InChI=1S/C27H45NO5/c1-5-6-7-8-9-10-11-12-13-16-24(29)27-21(2)23(18-19-26(32)33-4)28(22(27)3)20-15-14-17-25(30)31/h5-20H2,1-4H3,(H,30,31). The van der Waals surface area contributed by atoms with Gasteiger partial charge in [0.05, 0.1) is 13.5 Å². The summed E-state index contributed by atoms with van der Waals surface area (Å²) in [6.07, 6.45) is 13.8. The number of esters is 1. The third-order valence-electron chi connectivity index (χ3n) is 6.50. The molecule has 0 bridgehead atoms. The third-order valence-corrected chi connectivity index (χ3v) is 6.50. The molecule has 6 nitrogen and oxygen atoms in total. The van der Waals surface area contributed by atoms with Crippen molar-refractivity contribution in [3.05, 3.63) is 22.5 Å². The summed E-state index contributed by atoms with van der Waals surface area (Å²) in [6.45, 7) is 6.82. The zero-order valence-electron chi connectivity index (χ0n) is 21.3. The summed E-state index contributed by atoms with van der Waals surface area (Å²) >= 11 is 0. The van der Waals surface area contributed by atoms with Gasteiger partial charge in [0.15, 0.2) is 5.78 Å². The predicted molar refractivity (Wildman–Crippen MR) is 132 cm³/mol. The number of aliphatic carboxylic acids is 1. The van der Waals surface area contributed by atoms with Gasteiger partial charge in [-0.3, -0.25) is 14.4 Å². The maximum atomic E-state index is 13.1. The van der Waals surface area contributed by atoms with Crippen molar-refractivity contribution in [2.75, 3.05) is 7.11 Å². The molecular weight excluding hydrogens is 418 g/mol. The first kappa shape index (κ1) is 28.9. The quantitative estimate of drug-likeness (QED) is 0.142. The molecule has 1 N–H and O–H groups in total. The number of carbonyl (C=O) groups excluding carboxylic acids is 2. The van der Waals surface area contributed by atoms with E-state index in [0.29, 0.717) is 25.8 Å². The number of nitrogens with zero attached hydrogens (tertiary/aromatic N) is 1. The van der Waals surface area contributed by atoms with Crippen LogP contribution in [0.1, 0.15) is 124 Å². The largest absolute Gasteiger partial charge is 0.481 e. The van der Waals surface area contributed by atoms with E-state index in [0.717, 1.165) is 41.8 Å². The first-order chi connectivity index (χ1) is 15.8. The molecule has 0 saturated carbocycles. The summed E-state index contributed by atoms with van der Waals surface area (Å²) in [6, 6.07) is 0. The Balaban J connectivity index is 2.72. The number of aromatic nitrogens is 1. The molecule has 0 radical (unpaired) electrons. The molecule has 6 heteroatoms. The third kappa shape index (κ3) is 10.6. The smallest absolute Gasteiger partial charge is 0.305 e. The number of ether oxygens (including phenoxy) is 1. The second-order valence-corrected chi connectivity index (χ2v) is 9.11. The van der Waals surface area contributed by atoms with E-state index in [9.17, 15) is 14.4 Å². The molecule has 0 amide bonds. The number of carbonyl (C=O) groups is 3. The molecule has 0 aliphatic rings. The summed E-state index contributed by atoms with van der Waals surface area (Å²) in [7, 11) is 1.38. The van der Waals surface area contributed by atoms with Gasteiger partial charge in [-0.1, -0.05) is 58.3 Å². The van der Waals surface area contributed by atoms with Crippen LogP contribution in [-0.2, 0) is 27.3 Å². The van der Waals surface area contributed by atoms with E-state index in [1.54, 1.807) is 0 Å². The molecule has 33 heavy (non-hydrogen) atoms. The van der Waals surface area contributed by atoms with E-state index < -0.39 is 5.97 Å². The van der Waals surface area contributed by atoms with E-state index in [2.05, 4.69) is 11.5 Å². The van der Waals surface area contributed by atoms with Crippen molar-refractivity contribution in [3.63, 3.8) is 0 Å². The number of unbranched alkanes of at least 4 members (excludes halogenated alkanes) is 9. The lowest BCUT2D eigenvalue weighted by Crippen LogP contribution is -2.10. The molecule has 1 aromatic rings. The topological polar surface area (TPSA) is 85.6 Å². The Morgan fingerprint density at radius 1 is 0.818 bits per heavy atom. The second-order valence-electron chi connectivity index (χ2n) is 9.11. The van der Waals surface area contributed by atoms with Crippen molar-refractivity contribution in [1.29, 1.82) is 0 Å². The van der Waals surface area contributed by atoms with Crippen molar-refractivity contribution in [1.82, 2.24) is 4.57 Å². The van der Waals surface area contributed by atoms with Crippen LogP contribution in [0.4, 0.5) is 0 Å². The lowest BCUT2D eigenvalue weighted by atomic mass is 9.99. The number of carboxylic acid groups (broad SMARTS) is 1. The molecule has 0 fully saturated rings. The number of rotatable bonds is 19. The van der Waals surface area contributed by atoms with E-state index in [1.165, 1.54) is 52.1 Å². The summed E-state index contributed by atoms with van der Waals surface area (Å²) in [5, 5.41) is 8.90. The Bertz CT molecular complexity index is 750. The summed E-state index contributed by atoms with van der Waals surface area (Å²) in [5.74, 6) is -0.886. The van der Waals surface area contributed by atoms with Crippen LogP contribution in [0.15, 0.2) is 0 Å². The van der Waals surface area contributed by atoms with Gasteiger partial charge in [0, 0.05) is 36.3 Å². The molecule has 0 saturated heterocycles. The highest BCUT2D eigenvalue weighted by molar-refractivity contribution is 5.99. The molecular formula is C27H45NO5. The maximum absolute atomic E-state index is 13.1. The minimum absolute atomic E-state index is 0.140. The highest BCUT2D eigenvalue weighted by atomic mass is 16.5. The van der Waals surface area contributed by atoms with Crippen molar-refractivity contribution in [2.24, 2.45) is 0 Å². The van der Waals surface area contributed by atoms with Crippen molar-refractivity contribution in [2.45, 2.75) is 124 Å². The predicted octanol–water partition coefficient (Wildman–Crippen LogP) is 6.57. The summed E-state index contributed by atoms with van der Waals surface area (Å²) in [4.78, 5) is 35.6. The lowest BCUT2D eigenvalue weighted by Gasteiger charge is -2.12. The molecule has 0 spiro atoms. The molecule has 0 atom stereocenters. The maximum Gasteiger partial charge on any atom is 0.305 e. The Morgan fingerprint density at radius 3 is 1.97 bits per heavy atom. The fourth-order valence-corrected chi connectivity index (χ4v) is 4.58. The highest BCUT2D eigenvalue weighted by Gasteiger charge is 2.22. The zero-order chi connectivity index (χ0) is 24.6. The Morgan fingerprint density at radius 2 is 1.39 bits per heavy atom. The number of methoxy groups -OCH3 is 1. The van der Waals surface area contributed by atoms with Gasteiger partial charge in [-0.15, -0.1) is 0 Å². The van der Waals surface area contributed by atoms with Crippen LogP contribution < -0.4 is 0 Å². The molecule has 0 aliphatic carbocycles. The SMILES string of the molecule is CCCCCCCCCCCC(=O)c1c(C)c(CCC(=O)OC)n(CCCCC(=O)O)c1C. The van der Waals surface area contributed by atoms with Gasteiger partial charge >= 0.3 is 11.9 Å². The van der Waals surface area contributed by atoms with Crippen LogP contribution in [-0.4, -0.2) is 34.5 Å². The number of Topliss-reactive ketones (excluding diaryl/α,β-unsaturated/α-hetero) is 1. The molecule has 0 aromatic carbocycles. The van der Waals surface area contributed by atoms with Gasteiger partial charge in [0.1, 0.15) is 0 Å². The number of hydrogen-bond donors (Lipinski definition) is 1. The zero-order valence-corrected chi connectivity index (χ0v) is 21.3. The molecule has 188 valence electrons. The lowest BCUT2D eigenvalue weighted by molar-refractivity contribution is -0.140. The summed E-state index contributed by atoms with van der Waals surface area (Å²) in [5.41, 5.74) is 3.66. The number of hydrogen-bond acceptors (Lipinski definition) is 4. The average Bonchev–Trinajstić information content (AvgIpc) is 3.02. The van der Waals surface area contributed by atoms with E-state index >= 15 is 0 Å². The first-order valence-corrected chi connectivity index (χ1v) is 12.8. The van der Waals surface area contributed by atoms with Crippen LogP contribution >= 0.6 is 0 Å². The fourth-order valence-electron chi connectivity index (χ4n) is 4.58. The van der Waals surface area contributed by atoms with E-state index in [4.69, 9.17) is 9.84 Å². The van der Waals surface area contributed by atoms with Crippen molar-refractivity contribution >= 4 is 17.7 Å². The van der Waals surface area contributed by atoms with Crippen LogP contribution in [0.2, 0.25) is 0 Å². The van der Waals surface area contributed by atoms with Crippen LogP contribution in [0.5, 0.6) is 0 Å². The molecule has 1 heterocycles. The Hall–Kier alpha value is -2.11. The van der Waals surface area contributed by atoms with Gasteiger partial charge < -0.3 is 14.4 Å². The van der Waals surface area contributed by atoms with Gasteiger partial charge in [-0.05, 0) is 45.1 Å². The summed E-state index contributed by atoms with van der Waals surface area (Å²) < 4.78 is 6.91. The van der Waals surface area contributed by atoms with Crippen LogP contribution in [0.3, 0.4) is 0 Å². The average molecular weight is 464 g/mol. The van der Waals surface area contributed by atoms with Crippen molar-refractivity contribution < 1.29 is 24.2 Å². The number of ketones is 1. The minimum Gasteiger partial charge on any atom is -0.481 e. The molecule has 0 unspecified atom stereocenters.